The van der Waals surface area contributed by atoms with Gasteiger partial charge in [0, 0.05) is 38.2 Å². The summed E-state index contributed by atoms with van der Waals surface area (Å²) in [6.45, 7) is 1.44. The van der Waals surface area contributed by atoms with Crippen LogP contribution in [0.3, 0.4) is 0 Å². The van der Waals surface area contributed by atoms with Crippen LogP contribution in [0, 0.1) is 5.82 Å². The first-order valence-corrected chi connectivity index (χ1v) is 13.6. The zero-order chi connectivity index (χ0) is 27.1. The quantitative estimate of drug-likeness (QED) is 0.552. The van der Waals surface area contributed by atoms with Crippen molar-refractivity contribution in [1.82, 2.24) is 24.0 Å². The highest BCUT2D eigenvalue weighted by atomic mass is 32.2. The fourth-order valence-electron chi connectivity index (χ4n) is 4.39. The number of carbonyl (C=O) groups is 1. The SMILES string of the molecule is CC(Oc1cc(-n2nc3n(c2=O)CCCC3)c(F)cc1C(=O)NC1CCN(S(C)(=O)=O)CC1)C(F)(F)F. The normalized spacial score (nSPS) is 18.3. The fourth-order valence-corrected chi connectivity index (χ4v) is 5.26. The molecule has 1 aromatic carbocycles. The highest BCUT2D eigenvalue weighted by Crippen LogP contribution is 2.31. The Morgan fingerprint density at radius 2 is 1.86 bits per heavy atom. The Kier molecular flexibility index (Phi) is 7.38. The molecule has 2 aromatic rings. The lowest BCUT2D eigenvalue weighted by Crippen LogP contribution is -2.46. The third kappa shape index (κ3) is 5.81. The number of rotatable bonds is 6. The van der Waals surface area contributed by atoms with E-state index in [1.54, 1.807) is 0 Å². The molecular formula is C22H27F4N5O5S. The summed E-state index contributed by atoms with van der Waals surface area (Å²) in [7, 11) is -3.40. The Bertz CT molecular complexity index is 1350. The smallest absolute Gasteiger partial charge is 0.425 e. The molecule has 0 bridgehead atoms. The van der Waals surface area contributed by atoms with Gasteiger partial charge in [-0.2, -0.15) is 17.9 Å². The number of nitrogens with one attached hydrogen (secondary N) is 1. The van der Waals surface area contributed by atoms with Crippen LogP contribution in [0.25, 0.3) is 5.69 Å². The Hall–Kier alpha value is -2.94. The Morgan fingerprint density at radius 3 is 2.46 bits per heavy atom. The van der Waals surface area contributed by atoms with Crippen molar-refractivity contribution in [1.29, 1.82) is 0 Å². The van der Waals surface area contributed by atoms with E-state index in [0.29, 0.717) is 18.8 Å². The van der Waals surface area contributed by atoms with E-state index in [1.807, 2.05) is 0 Å². The number of sulfonamides is 1. The van der Waals surface area contributed by atoms with E-state index in [2.05, 4.69) is 10.4 Å². The molecule has 1 fully saturated rings. The van der Waals surface area contributed by atoms with Gasteiger partial charge in [-0.25, -0.2) is 21.9 Å². The van der Waals surface area contributed by atoms with E-state index in [4.69, 9.17) is 4.74 Å². The van der Waals surface area contributed by atoms with Gasteiger partial charge in [-0.05, 0) is 38.7 Å². The van der Waals surface area contributed by atoms with Crippen LogP contribution in [0.1, 0.15) is 48.8 Å². The number of ether oxygens (including phenoxy) is 1. The molecule has 1 amide bonds. The van der Waals surface area contributed by atoms with Crippen LogP contribution in [0.15, 0.2) is 16.9 Å². The van der Waals surface area contributed by atoms with Gasteiger partial charge < -0.3 is 10.1 Å². The molecule has 0 spiro atoms. The van der Waals surface area contributed by atoms with Gasteiger partial charge >= 0.3 is 11.9 Å². The van der Waals surface area contributed by atoms with E-state index in [1.165, 1.54) is 8.87 Å². The molecule has 204 valence electrons. The van der Waals surface area contributed by atoms with E-state index in [9.17, 15) is 31.2 Å². The number of hydrogen-bond donors (Lipinski definition) is 1. The number of hydrogen-bond acceptors (Lipinski definition) is 6. The van der Waals surface area contributed by atoms with Gasteiger partial charge in [0.2, 0.25) is 10.0 Å². The first-order valence-electron chi connectivity index (χ1n) is 11.8. The van der Waals surface area contributed by atoms with E-state index in [0.717, 1.165) is 42.8 Å². The van der Waals surface area contributed by atoms with Gasteiger partial charge in [-0.15, -0.1) is 5.10 Å². The molecule has 1 atom stereocenters. The predicted octanol–water partition coefficient (Wildman–Crippen LogP) is 1.99. The summed E-state index contributed by atoms with van der Waals surface area (Å²) < 4.78 is 86.9. The molecule has 37 heavy (non-hydrogen) atoms. The number of fused-ring (bicyclic) bond motifs is 1. The second kappa shape index (κ2) is 10.1. The number of halogens is 4. The van der Waals surface area contributed by atoms with Crippen LogP contribution >= 0.6 is 0 Å². The molecule has 0 radical (unpaired) electrons. The van der Waals surface area contributed by atoms with Crippen molar-refractivity contribution >= 4 is 15.9 Å². The number of amides is 1. The standard InChI is InChI=1S/C22H27F4N5O5S/c1-13(22(24,25)26)36-18-12-17(31-21(33)30-8-4-3-5-19(30)28-31)16(23)11-15(18)20(32)27-14-6-9-29(10-7-14)37(2,34)35/h11-14H,3-10H2,1-2H3,(H,27,32). The Balaban J connectivity index is 1.66. The number of alkyl halides is 3. The zero-order valence-corrected chi connectivity index (χ0v) is 21.0. The minimum Gasteiger partial charge on any atom is -0.480 e. The molecule has 4 rings (SSSR count). The van der Waals surface area contributed by atoms with Crippen molar-refractivity contribution in [2.75, 3.05) is 19.3 Å². The molecule has 0 aliphatic carbocycles. The monoisotopic (exact) mass is 549 g/mol. The summed E-state index contributed by atoms with van der Waals surface area (Å²) in [6, 6.07) is 1.11. The van der Waals surface area contributed by atoms with Gasteiger partial charge in [0.15, 0.2) is 6.10 Å². The van der Waals surface area contributed by atoms with Gasteiger partial charge in [0.05, 0.1) is 11.8 Å². The van der Waals surface area contributed by atoms with Gasteiger partial charge in [0.25, 0.3) is 5.91 Å². The fraction of sp³-hybridized carbons (Fsp3) is 0.591. The first kappa shape index (κ1) is 27.1. The Labute approximate surface area is 210 Å². The molecule has 1 N–H and O–H groups in total. The van der Waals surface area contributed by atoms with Crippen molar-refractivity contribution in [2.24, 2.45) is 0 Å². The molecule has 0 saturated carbocycles. The second-order valence-corrected chi connectivity index (χ2v) is 11.2. The van der Waals surface area contributed by atoms with Crippen LogP contribution < -0.4 is 15.7 Å². The number of aromatic nitrogens is 3. The maximum atomic E-state index is 15.2. The molecule has 2 aliphatic heterocycles. The largest absolute Gasteiger partial charge is 0.480 e. The minimum absolute atomic E-state index is 0.152. The summed E-state index contributed by atoms with van der Waals surface area (Å²) in [5.41, 5.74) is -1.56. The number of carbonyl (C=O) groups excluding carboxylic acids is 1. The number of piperidine rings is 1. The summed E-state index contributed by atoms with van der Waals surface area (Å²) in [4.78, 5) is 25.8. The molecule has 10 nitrogen and oxygen atoms in total. The van der Waals surface area contributed by atoms with Crippen molar-refractivity contribution < 1.29 is 35.5 Å². The van der Waals surface area contributed by atoms with Gasteiger partial charge in [0.1, 0.15) is 23.1 Å². The maximum Gasteiger partial charge on any atom is 0.425 e. The van der Waals surface area contributed by atoms with Crippen LogP contribution in [-0.4, -0.2) is 70.6 Å². The third-order valence-corrected chi connectivity index (χ3v) is 7.82. The highest BCUT2D eigenvalue weighted by molar-refractivity contribution is 7.88. The molecule has 2 aliphatic rings. The topological polar surface area (TPSA) is 116 Å². The third-order valence-electron chi connectivity index (χ3n) is 6.52. The average molecular weight is 550 g/mol. The molecule has 15 heteroatoms. The molecule has 1 aromatic heterocycles. The average Bonchev–Trinajstić information content (AvgIpc) is 3.15. The van der Waals surface area contributed by atoms with Crippen molar-refractivity contribution in [3.05, 3.63) is 39.8 Å². The minimum atomic E-state index is -4.77. The van der Waals surface area contributed by atoms with Crippen LogP contribution in [-0.2, 0) is 23.0 Å². The highest BCUT2D eigenvalue weighted by Gasteiger charge is 2.39. The maximum absolute atomic E-state index is 15.2. The van der Waals surface area contributed by atoms with Crippen LogP contribution in [0.4, 0.5) is 17.6 Å². The van der Waals surface area contributed by atoms with Crippen molar-refractivity contribution in [3.63, 3.8) is 0 Å². The summed E-state index contributed by atoms with van der Waals surface area (Å²) in [5.74, 6) is -2.06. The number of benzene rings is 1. The molecular weight excluding hydrogens is 522 g/mol. The van der Waals surface area contributed by atoms with E-state index in [-0.39, 0.29) is 25.9 Å². The summed E-state index contributed by atoms with van der Waals surface area (Å²) in [6.07, 6.45) is -3.47. The van der Waals surface area contributed by atoms with Crippen LogP contribution in [0.2, 0.25) is 0 Å². The molecule has 1 saturated heterocycles. The van der Waals surface area contributed by atoms with Gasteiger partial charge in [-0.1, -0.05) is 0 Å². The molecule has 1 unspecified atom stereocenters. The van der Waals surface area contributed by atoms with Gasteiger partial charge in [-0.3, -0.25) is 9.36 Å². The second-order valence-electron chi connectivity index (χ2n) is 9.23. The van der Waals surface area contributed by atoms with Crippen LogP contribution in [0.5, 0.6) is 5.75 Å². The lowest BCUT2D eigenvalue weighted by molar-refractivity contribution is -0.189. The van der Waals surface area contributed by atoms with Crippen molar-refractivity contribution in [2.45, 2.75) is 63.9 Å². The first-order chi connectivity index (χ1) is 17.3. The Morgan fingerprint density at radius 1 is 1.19 bits per heavy atom. The predicted molar refractivity (Wildman–Crippen MR) is 124 cm³/mol. The molecule has 3 heterocycles. The number of nitrogens with zero attached hydrogens (tertiary/aromatic N) is 4. The zero-order valence-electron chi connectivity index (χ0n) is 20.2. The lowest BCUT2D eigenvalue weighted by atomic mass is 10.1. The van der Waals surface area contributed by atoms with Crippen molar-refractivity contribution in [3.8, 4) is 11.4 Å². The summed E-state index contributed by atoms with van der Waals surface area (Å²) >= 11 is 0. The van der Waals surface area contributed by atoms with E-state index >= 15 is 4.39 Å². The number of aryl methyl sites for hydroxylation is 1. The summed E-state index contributed by atoms with van der Waals surface area (Å²) in [5, 5.41) is 6.76. The van der Waals surface area contributed by atoms with E-state index < -0.39 is 62.8 Å². The lowest BCUT2D eigenvalue weighted by Gasteiger charge is -2.30.